The van der Waals surface area contributed by atoms with Crippen molar-refractivity contribution in [2.75, 3.05) is 6.54 Å². The van der Waals surface area contributed by atoms with E-state index < -0.39 is 0 Å². The molecule has 0 saturated heterocycles. The van der Waals surface area contributed by atoms with E-state index in [0.717, 1.165) is 24.4 Å². The zero-order valence-corrected chi connectivity index (χ0v) is 11.5. The van der Waals surface area contributed by atoms with Crippen molar-refractivity contribution in [2.45, 2.75) is 51.7 Å². The van der Waals surface area contributed by atoms with Crippen LogP contribution in [0.1, 0.15) is 50.6 Å². The van der Waals surface area contributed by atoms with Crippen molar-refractivity contribution in [3.8, 4) is 0 Å². The first-order chi connectivity index (χ1) is 8.12. The standard InChI is InChI=1S/C13H22N2OS/c1-10(12-14-7-8-17-12)15-9-13(2)6-4-3-5-11(13)16/h7-8,10-11,15-16H,3-6,9H2,1-2H3. The number of aliphatic hydroxyl groups is 1. The summed E-state index contributed by atoms with van der Waals surface area (Å²) in [6, 6.07) is 0.279. The van der Waals surface area contributed by atoms with Crippen LogP contribution in [-0.2, 0) is 0 Å². The van der Waals surface area contributed by atoms with Crippen molar-refractivity contribution >= 4 is 11.3 Å². The molecule has 1 aromatic rings. The van der Waals surface area contributed by atoms with E-state index in [-0.39, 0.29) is 17.6 Å². The van der Waals surface area contributed by atoms with Crippen molar-refractivity contribution < 1.29 is 5.11 Å². The van der Waals surface area contributed by atoms with Gasteiger partial charge in [0.1, 0.15) is 5.01 Å². The van der Waals surface area contributed by atoms with Crippen LogP contribution < -0.4 is 5.32 Å². The first-order valence-electron chi connectivity index (χ1n) is 6.43. The van der Waals surface area contributed by atoms with E-state index in [4.69, 9.17) is 0 Å². The largest absolute Gasteiger partial charge is 0.393 e. The molecule has 0 aromatic carbocycles. The number of aromatic nitrogens is 1. The van der Waals surface area contributed by atoms with Gasteiger partial charge in [0.05, 0.1) is 12.1 Å². The molecule has 0 radical (unpaired) electrons. The van der Waals surface area contributed by atoms with Gasteiger partial charge in [0.25, 0.3) is 0 Å². The number of rotatable bonds is 4. The highest BCUT2D eigenvalue weighted by molar-refractivity contribution is 7.09. The Morgan fingerprint density at radius 3 is 3.12 bits per heavy atom. The molecule has 0 bridgehead atoms. The van der Waals surface area contributed by atoms with Gasteiger partial charge in [-0.05, 0) is 19.8 Å². The minimum Gasteiger partial charge on any atom is -0.393 e. The molecule has 0 amide bonds. The summed E-state index contributed by atoms with van der Waals surface area (Å²) >= 11 is 1.68. The predicted molar refractivity (Wildman–Crippen MR) is 71.1 cm³/mol. The molecule has 1 aliphatic rings. The summed E-state index contributed by atoms with van der Waals surface area (Å²) in [6.07, 6.45) is 6.15. The first kappa shape index (κ1) is 13.0. The molecule has 17 heavy (non-hydrogen) atoms. The molecule has 1 saturated carbocycles. The average Bonchev–Trinajstić information content (AvgIpc) is 2.84. The molecule has 1 heterocycles. The van der Waals surface area contributed by atoms with Crippen LogP contribution in [0, 0.1) is 5.41 Å². The fourth-order valence-corrected chi connectivity index (χ4v) is 3.18. The van der Waals surface area contributed by atoms with Crippen molar-refractivity contribution in [3.05, 3.63) is 16.6 Å². The molecule has 2 N–H and O–H groups in total. The quantitative estimate of drug-likeness (QED) is 0.868. The van der Waals surface area contributed by atoms with Crippen molar-refractivity contribution in [3.63, 3.8) is 0 Å². The van der Waals surface area contributed by atoms with Crippen LogP contribution in [0.2, 0.25) is 0 Å². The van der Waals surface area contributed by atoms with Gasteiger partial charge < -0.3 is 10.4 Å². The van der Waals surface area contributed by atoms with Gasteiger partial charge in [-0.3, -0.25) is 0 Å². The van der Waals surface area contributed by atoms with Gasteiger partial charge in [-0.25, -0.2) is 4.98 Å². The number of hydrogen-bond acceptors (Lipinski definition) is 4. The topological polar surface area (TPSA) is 45.1 Å². The molecule has 3 atom stereocenters. The summed E-state index contributed by atoms with van der Waals surface area (Å²) in [5.74, 6) is 0. The lowest BCUT2D eigenvalue weighted by Gasteiger charge is -2.39. The normalized spacial score (nSPS) is 31.4. The van der Waals surface area contributed by atoms with Gasteiger partial charge in [0.15, 0.2) is 0 Å². The van der Waals surface area contributed by atoms with E-state index >= 15 is 0 Å². The van der Waals surface area contributed by atoms with Gasteiger partial charge in [-0.2, -0.15) is 0 Å². The van der Waals surface area contributed by atoms with Gasteiger partial charge in [0.2, 0.25) is 0 Å². The lowest BCUT2D eigenvalue weighted by atomic mass is 9.73. The van der Waals surface area contributed by atoms with Gasteiger partial charge in [-0.1, -0.05) is 19.8 Å². The Bertz CT molecular complexity index is 341. The zero-order chi connectivity index (χ0) is 12.3. The van der Waals surface area contributed by atoms with Crippen molar-refractivity contribution in [1.29, 1.82) is 0 Å². The second-order valence-electron chi connectivity index (χ2n) is 5.39. The number of hydrogen-bond donors (Lipinski definition) is 2. The highest BCUT2D eigenvalue weighted by atomic mass is 32.1. The number of nitrogens with zero attached hydrogens (tertiary/aromatic N) is 1. The van der Waals surface area contributed by atoms with Crippen LogP contribution in [0.4, 0.5) is 0 Å². The van der Waals surface area contributed by atoms with Gasteiger partial charge in [0, 0.05) is 23.5 Å². The fraction of sp³-hybridized carbons (Fsp3) is 0.769. The van der Waals surface area contributed by atoms with Crippen LogP contribution in [-0.4, -0.2) is 22.7 Å². The Balaban J connectivity index is 1.88. The highest BCUT2D eigenvalue weighted by Gasteiger charge is 2.35. The summed E-state index contributed by atoms with van der Waals surface area (Å²) in [5.41, 5.74) is 0.0315. The molecule has 3 unspecified atom stereocenters. The molecule has 1 aliphatic carbocycles. The number of aliphatic hydroxyl groups excluding tert-OH is 1. The summed E-state index contributed by atoms with van der Waals surface area (Å²) in [7, 11) is 0. The predicted octanol–water partition coefficient (Wildman–Crippen LogP) is 2.73. The Hall–Kier alpha value is -0.450. The minimum atomic E-state index is -0.160. The summed E-state index contributed by atoms with van der Waals surface area (Å²) in [6.45, 7) is 5.20. The van der Waals surface area contributed by atoms with Gasteiger partial charge >= 0.3 is 0 Å². The molecule has 1 aromatic heterocycles. The highest BCUT2D eigenvalue weighted by Crippen LogP contribution is 2.36. The molecule has 2 rings (SSSR count). The molecular formula is C13H22N2OS. The van der Waals surface area contributed by atoms with Crippen molar-refractivity contribution in [1.82, 2.24) is 10.3 Å². The molecular weight excluding hydrogens is 232 g/mol. The lowest BCUT2D eigenvalue weighted by Crippen LogP contribution is -2.44. The maximum Gasteiger partial charge on any atom is 0.109 e. The molecule has 96 valence electrons. The molecule has 3 nitrogen and oxygen atoms in total. The van der Waals surface area contributed by atoms with E-state index in [2.05, 4.69) is 24.1 Å². The zero-order valence-electron chi connectivity index (χ0n) is 10.6. The Kier molecular flexibility index (Phi) is 4.17. The van der Waals surface area contributed by atoms with Crippen LogP contribution >= 0.6 is 11.3 Å². The Morgan fingerprint density at radius 2 is 2.47 bits per heavy atom. The fourth-order valence-electron chi connectivity index (χ4n) is 2.51. The second-order valence-corrected chi connectivity index (χ2v) is 6.31. The Labute approximate surface area is 107 Å². The SMILES string of the molecule is CC(NCC1(C)CCCCC1O)c1nccs1. The third kappa shape index (κ3) is 3.06. The number of thiazole rings is 1. The van der Waals surface area contributed by atoms with Crippen LogP contribution in [0.3, 0.4) is 0 Å². The maximum absolute atomic E-state index is 10.1. The first-order valence-corrected chi connectivity index (χ1v) is 7.31. The molecule has 1 fully saturated rings. The van der Waals surface area contributed by atoms with Crippen LogP contribution in [0.5, 0.6) is 0 Å². The number of nitrogens with one attached hydrogen (secondary N) is 1. The van der Waals surface area contributed by atoms with E-state index in [1.165, 1.54) is 12.8 Å². The van der Waals surface area contributed by atoms with Crippen LogP contribution in [0.15, 0.2) is 11.6 Å². The van der Waals surface area contributed by atoms with Crippen molar-refractivity contribution in [2.24, 2.45) is 5.41 Å². The maximum atomic E-state index is 10.1. The summed E-state index contributed by atoms with van der Waals surface area (Å²) in [5, 5.41) is 16.8. The average molecular weight is 254 g/mol. The smallest absolute Gasteiger partial charge is 0.109 e. The summed E-state index contributed by atoms with van der Waals surface area (Å²) in [4.78, 5) is 4.32. The monoisotopic (exact) mass is 254 g/mol. The second kappa shape index (κ2) is 5.46. The van der Waals surface area contributed by atoms with E-state index in [0.29, 0.717) is 0 Å². The van der Waals surface area contributed by atoms with Crippen LogP contribution in [0.25, 0.3) is 0 Å². The van der Waals surface area contributed by atoms with E-state index in [1.807, 2.05) is 11.6 Å². The molecule has 4 heteroatoms. The molecule has 0 spiro atoms. The molecule has 0 aliphatic heterocycles. The van der Waals surface area contributed by atoms with Gasteiger partial charge in [-0.15, -0.1) is 11.3 Å². The Morgan fingerprint density at radius 1 is 1.65 bits per heavy atom. The minimum absolute atomic E-state index is 0.0315. The lowest BCUT2D eigenvalue weighted by molar-refractivity contribution is -0.0000154. The third-order valence-corrected chi connectivity index (χ3v) is 4.87. The van der Waals surface area contributed by atoms with E-state index in [9.17, 15) is 5.11 Å². The summed E-state index contributed by atoms with van der Waals surface area (Å²) < 4.78 is 0. The third-order valence-electron chi connectivity index (χ3n) is 3.91. The van der Waals surface area contributed by atoms with E-state index in [1.54, 1.807) is 11.3 Å².